The average Bonchev–Trinajstić information content (AvgIpc) is 3.27. The van der Waals surface area contributed by atoms with Gasteiger partial charge in [-0.3, -0.25) is 4.79 Å². The maximum atomic E-state index is 12.8. The monoisotopic (exact) mass is 325 g/mol. The van der Waals surface area contributed by atoms with Gasteiger partial charge in [0.2, 0.25) is 5.91 Å². The van der Waals surface area contributed by atoms with Gasteiger partial charge in [0.1, 0.15) is 5.65 Å². The maximum absolute atomic E-state index is 12.8. The molecule has 0 spiro atoms. The number of hydrogen-bond donors (Lipinski definition) is 0. The molecule has 0 saturated carbocycles. The minimum Gasteiger partial charge on any atom is -0.335 e. The Morgan fingerprint density at radius 2 is 2.30 bits per heavy atom. The first-order chi connectivity index (χ1) is 11.2. The second-order valence-corrected chi connectivity index (χ2v) is 7.07. The molecule has 1 atom stereocenters. The first-order valence-electron chi connectivity index (χ1n) is 7.98. The van der Waals surface area contributed by atoms with Crippen LogP contribution in [0.2, 0.25) is 0 Å². The van der Waals surface area contributed by atoms with E-state index in [1.165, 1.54) is 4.88 Å². The van der Waals surface area contributed by atoms with E-state index in [1.54, 1.807) is 11.3 Å². The number of aryl methyl sites for hydroxylation is 1. The Labute approximate surface area is 139 Å². The Morgan fingerprint density at radius 1 is 1.39 bits per heavy atom. The maximum Gasteiger partial charge on any atom is 0.229 e. The summed E-state index contributed by atoms with van der Waals surface area (Å²) in [6, 6.07) is 8.49. The molecule has 1 saturated heterocycles. The van der Waals surface area contributed by atoms with E-state index in [2.05, 4.69) is 22.5 Å². The molecule has 5 heteroatoms. The summed E-state index contributed by atoms with van der Waals surface area (Å²) in [6.45, 7) is 2.90. The minimum absolute atomic E-state index is 0.182. The molecule has 118 valence electrons. The number of likely N-dealkylation sites (tertiary alicyclic amines) is 1. The van der Waals surface area contributed by atoms with Crippen molar-refractivity contribution < 1.29 is 4.79 Å². The van der Waals surface area contributed by atoms with Crippen LogP contribution in [0.5, 0.6) is 0 Å². The highest BCUT2D eigenvalue weighted by atomic mass is 32.1. The number of thiophene rings is 1. The molecule has 4 heterocycles. The van der Waals surface area contributed by atoms with Crippen molar-refractivity contribution in [3.8, 4) is 0 Å². The summed E-state index contributed by atoms with van der Waals surface area (Å²) in [7, 11) is 0. The summed E-state index contributed by atoms with van der Waals surface area (Å²) in [4.78, 5) is 20.7. The third-order valence-corrected chi connectivity index (χ3v) is 5.48. The van der Waals surface area contributed by atoms with Gasteiger partial charge in [-0.1, -0.05) is 12.1 Å². The van der Waals surface area contributed by atoms with Crippen LogP contribution >= 0.6 is 11.3 Å². The van der Waals surface area contributed by atoms with Gasteiger partial charge >= 0.3 is 0 Å². The van der Waals surface area contributed by atoms with Crippen LogP contribution in [0.15, 0.2) is 42.0 Å². The number of carbonyl (C=O) groups is 1. The zero-order chi connectivity index (χ0) is 15.8. The van der Waals surface area contributed by atoms with Gasteiger partial charge in [-0.2, -0.15) is 0 Å². The van der Waals surface area contributed by atoms with Crippen LogP contribution in [-0.4, -0.2) is 26.7 Å². The second kappa shape index (κ2) is 5.81. The SMILES string of the molecule is Cc1cccn2cc(CC(=O)N3CCC[C@H]3c3cccs3)nc12. The van der Waals surface area contributed by atoms with E-state index >= 15 is 0 Å². The average molecular weight is 325 g/mol. The molecule has 4 nitrogen and oxygen atoms in total. The number of fused-ring (bicyclic) bond motifs is 1. The van der Waals surface area contributed by atoms with Gasteiger partial charge in [-0.25, -0.2) is 4.98 Å². The number of pyridine rings is 1. The molecule has 1 aliphatic heterocycles. The number of rotatable bonds is 3. The van der Waals surface area contributed by atoms with Gasteiger partial charge in [-0.05, 0) is 42.8 Å². The molecule has 0 unspecified atom stereocenters. The van der Waals surface area contributed by atoms with E-state index in [9.17, 15) is 4.79 Å². The van der Waals surface area contributed by atoms with Crippen molar-refractivity contribution >= 4 is 22.9 Å². The Morgan fingerprint density at radius 3 is 3.09 bits per heavy atom. The Balaban J connectivity index is 1.55. The summed E-state index contributed by atoms with van der Waals surface area (Å²) < 4.78 is 2.00. The lowest BCUT2D eigenvalue weighted by Gasteiger charge is -2.23. The summed E-state index contributed by atoms with van der Waals surface area (Å²) in [5.74, 6) is 0.182. The lowest BCUT2D eigenvalue weighted by atomic mass is 10.2. The number of imidazole rings is 1. The van der Waals surface area contributed by atoms with E-state index in [0.717, 1.165) is 36.3 Å². The van der Waals surface area contributed by atoms with Crippen LogP contribution in [0.25, 0.3) is 5.65 Å². The minimum atomic E-state index is 0.182. The van der Waals surface area contributed by atoms with Gasteiger partial charge in [-0.15, -0.1) is 11.3 Å². The van der Waals surface area contributed by atoms with Gasteiger partial charge in [0, 0.05) is 23.8 Å². The Kier molecular flexibility index (Phi) is 3.65. The van der Waals surface area contributed by atoms with Crippen LogP contribution in [-0.2, 0) is 11.2 Å². The number of nitrogens with zero attached hydrogens (tertiary/aromatic N) is 3. The van der Waals surface area contributed by atoms with E-state index in [4.69, 9.17) is 0 Å². The van der Waals surface area contributed by atoms with Crippen LogP contribution < -0.4 is 0 Å². The van der Waals surface area contributed by atoms with Crippen LogP contribution in [0.1, 0.15) is 35.0 Å². The highest BCUT2D eigenvalue weighted by Gasteiger charge is 2.30. The molecule has 0 aromatic carbocycles. The molecule has 1 amide bonds. The van der Waals surface area contributed by atoms with Crippen LogP contribution in [0, 0.1) is 6.92 Å². The van der Waals surface area contributed by atoms with E-state index in [1.807, 2.05) is 40.8 Å². The molecule has 0 bridgehead atoms. The highest BCUT2D eigenvalue weighted by molar-refractivity contribution is 7.10. The Hall–Kier alpha value is -2.14. The molecular weight excluding hydrogens is 306 g/mol. The van der Waals surface area contributed by atoms with Crippen molar-refractivity contribution in [2.24, 2.45) is 0 Å². The fraction of sp³-hybridized carbons (Fsp3) is 0.333. The molecule has 1 aliphatic rings. The molecule has 0 aliphatic carbocycles. The van der Waals surface area contributed by atoms with Gasteiger partial charge in [0.05, 0.1) is 18.2 Å². The summed E-state index contributed by atoms with van der Waals surface area (Å²) in [5, 5.41) is 2.08. The summed E-state index contributed by atoms with van der Waals surface area (Å²) >= 11 is 1.74. The molecular formula is C18H19N3OS. The van der Waals surface area contributed by atoms with Crippen molar-refractivity contribution in [2.75, 3.05) is 6.54 Å². The number of hydrogen-bond acceptors (Lipinski definition) is 3. The topological polar surface area (TPSA) is 37.6 Å². The molecule has 0 radical (unpaired) electrons. The third-order valence-electron chi connectivity index (χ3n) is 4.50. The predicted octanol–water partition coefficient (Wildman–Crippen LogP) is 3.61. The predicted molar refractivity (Wildman–Crippen MR) is 91.6 cm³/mol. The number of aromatic nitrogens is 2. The third kappa shape index (κ3) is 2.65. The smallest absolute Gasteiger partial charge is 0.229 e. The normalized spacial score (nSPS) is 18.0. The van der Waals surface area contributed by atoms with Crippen molar-refractivity contribution in [1.82, 2.24) is 14.3 Å². The first kappa shape index (κ1) is 14.5. The van der Waals surface area contributed by atoms with Crippen LogP contribution in [0.4, 0.5) is 0 Å². The summed E-state index contributed by atoms with van der Waals surface area (Å²) in [5.41, 5.74) is 2.91. The second-order valence-electron chi connectivity index (χ2n) is 6.09. The zero-order valence-corrected chi connectivity index (χ0v) is 13.9. The van der Waals surface area contributed by atoms with Crippen LogP contribution in [0.3, 0.4) is 0 Å². The van der Waals surface area contributed by atoms with Gasteiger partial charge in [0.15, 0.2) is 0 Å². The molecule has 0 N–H and O–H groups in total. The molecule has 3 aromatic rings. The lowest BCUT2D eigenvalue weighted by Crippen LogP contribution is -2.31. The first-order valence-corrected chi connectivity index (χ1v) is 8.86. The quantitative estimate of drug-likeness (QED) is 0.738. The van der Waals surface area contributed by atoms with E-state index in [0.29, 0.717) is 6.42 Å². The van der Waals surface area contributed by atoms with Crippen molar-refractivity contribution in [3.05, 3.63) is 58.2 Å². The molecule has 4 rings (SSSR count). The fourth-order valence-electron chi connectivity index (χ4n) is 3.39. The molecule has 1 fully saturated rings. The number of carbonyl (C=O) groups excluding carboxylic acids is 1. The van der Waals surface area contributed by atoms with Crippen molar-refractivity contribution in [3.63, 3.8) is 0 Å². The number of amides is 1. The Bertz CT molecular complexity index is 837. The van der Waals surface area contributed by atoms with Gasteiger partial charge < -0.3 is 9.30 Å². The fourth-order valence-corrected chi connectivity index (χ4v) is 4.26. The molecule has 3 aromatic heterocycles. The summed E-state index contributed by atoms with van der Waals surface area (Å²) in [6.07, 6.45) is 6.47. The van der Waals surface area contributed by atoms with Crippen molar-refractivity contribution in [2.45, 2.75) is 32.2 Å². The zero-order valence-electron chi connectivity index (χ0n) is 13.1. The van der Waals surface area contributed by atoms with Crippen molar-refractivity contribution in [1.29, 1.82) is 0 Å². The van der Waals surface area contributed by atoms with E-state index < -0.39 is 0 Å². The highest BCUT2D eigenvalue weighted by Crippen LogP contribution is 2.34. The lowest BCUT2D eigenvalue weighted by molar-refractivity contribution is -0.131. The largest absolute Gasteiger partial charge is 0.335 e. The van der Waals surface area contributed by atoms with Gasteiger partial charge in [0.25, 0.3) is 0 Å². The molecule has 23 heavy (non-hydrogen) atoms. The standard InChI is InChI=1S/C18H19N3OS/c1-13-5-2-8-20-12-14(19-18(13)20)11-17(22)21-9-3-6-15(21)16-7-4-10-23-16/h2,4-5,7-8,10,12,15H,3,6,9,11H2,1H3/t15-/m0/s1. The van der Waals surface area contributed by atoms with E-state index in [-0.39, 0.29) is 11.9 Å².